The van der Waals surface area contributed by atoms with E-state index in [1.54, 1.807) is 12.7 Å². The Hall–Kier alpha value is -2.17. The second-order valence-corrected chi connectivity index (χ2v) is 5.46. The Morgan fingerprint density at radius 3 is 2.55 bits per heavy atom. The van der Waals surface area contributed by atoms with Crippen molar-refractivity contribution in [1.29, 1.82) is 0 Å². The van der Waals surface area contributed by atoms with Gasteiger partial charge in [-0.05, 0) is 17.2 Å². The van der Waals surface area contributed by atoms with Crippen LogP contribution in [-0.4, -0.2) is 14.8 Å². The number of rotatable bonds is 6. The van der Waals surface area contributed by atoms with Crippen molar-refractivity contribution in [3.63, 3.8) is 0 Å². The van der Waals surface area contributed by atoms with E-state index in [1.807, 2.05) is 47.1 Å². The number of aromatic nitrogens is 3. The number of hydrogen-bond acceptors (Lipinski definition) is 3. The molecule has 22 heavy (non-hydrogen) atoms. The number of hydrogen-bond donors (Lipinski definition) is 1. The lowest BCUT2D eigenvalue weighted by Crippen LogP contribution is -2.25. The summed E-state index contributed by atoms with van der Waals surface area (Å²) in [6, 6.07) is 18.3. The smallest absolute Gasteiger partial charge is 0.137 e. The zero-order valence-electron chi connectivity index (χ0n) is 12.1. The van der Waals surface area contributed by atoms with E-state index >= 15 is 0 Å². The lowest BCUT2D eigenvalue weighted by atomic mass is 10.1. The molecule has 0 fully saturated rings. The van der Waals surface area contributed by atoms with E-state index in [9.17, 15) is 0 Å². The van der Waals surface area contributed by atoms with Gasteiger partial charge in [0.15, 0.2) is 0 Å². The van der Waals surface area contributed by atoms with E-state index in [4.69, 9.17) is 11.6 Å². The minimum absolute atomic E-state index is 0.138. The highest BCUT2D eigenvalue weighted by Gasteiger charge is 2.12. The summed E-state index contributed by atoms with van der Waals surface area (Å²) in [7, 11) is 0. The highest BCUT2D eigenvalue weighted by Crippen LogP contribution is 2.18. The normalized spacial score (nSPS) is 12.2. The minimum atomic E-state index is 0.138. The van der Waals surface area contributed by atoms with Crippen molar-refractivity contribution < 1.29 is 0 Å². The molecule has 1 aromatic heterocycles. The number of nitrogens with zero attached hydrogens (tertiary/aromatic N) is 3. The summed E-state index contributed by atoms with van der Waals surface area (Å²) in [5, 5.41) is 8.53. The van der Waals surface area contributed by atoms with E-state index in [-0.39, 0.29) is 6.04 Å². The quantitative estimate of drug-likeness (QED) is 0.758. The topological polar surface area (TPSA) is 42.7 Å². The van der Waals surface area contributed by atoms with Gasteiger partial charge in [0.05, 0.1) is 12.6 Å². The van der Waals surface area contributed by atoms with Crippen LogP contribution in [0.15, 0.2) is 67.3 Å². The van der Waals surface area contributed by atoms with Gasteiger partial charge in [0.1, 0.15) is 12.7 Å². The highest BCUT2D eigenvalue weighted by atomic mass is 35.5. The number of halogens is 1. The van der Waals surface area contributed by atoms with Crippen molar-refractivity contribution in [2.45, 2.75) is 19.1 Å². The van der Waals surface area contributed by atoms with Crippen LogP contribution in [0, 0.1) is 0 Å². The summed E-state index contributed by atoms with van der Waals surface area (Å²) in [5.74, 6) is 0. The maximum Gasteiger partial charge on any atom is 0.137 e. The predicted octanol–water partition coefficient (Wildman–Crippen LogP) is 3.46. The predicted molar refractivity (Wildman–Crippen MR) is 87.5 cm³/mol. The second-order valence-electron chi connectivity index (χ2n) is 5.05. The van der Waals surface area contributed by atoms with Crippen LogP contribution in [0.1, 0.15) is 17.2 Å². The largest absolute Gasteiger partial charge is 0.304 e. The fourth-order valence-corrected chi connectivity index (χ4v) is 2.56. The summed E-state index contributed by atoms with van der Waals surface area (Å²) in [6.07, 6.45) is 3.28. The first-order valence-electron chi connectivity index (χ1n) is 7.17. The van der Waals surface area contributed by atoms with E-state index in [0.717, 1.165) is 10.6 Å². The molecule has 0 aliphatic rings. The summed E-state index contributed by atoms with van der Waals surface area (Å²) < 4.78 is 1.83. The van der Waals surface area contributed by atoms with Crippen molar-refractivity contribution in [3.8, 4) is 0 Å². The molecule has 3 aromatic rings. The van der Waals surface area contributed by atoms with Crippen LogP contribution >= 0.6 is 11.6 Å². The lowest BCUT2D eigenvalue weighted by Gasteiger charge is -2.19. The van der Waals surface area contributed by atoms with Gasteiger partial charge in [0.25, 0.3) is 0 Å². The van der Waals surface area contributed by atoms with Gasteiger partial charge in [0.2, 0.25) is 0 Å². The molecule has 0 aliphatic heterocycles. The molecule has 1 atom stereocenters. The van der Waals surface area contributed by atoms with Crippen LogP contribution in [0.2, 0.25) is 5.02 Å². The van der Waals surface area contributed by atoms with Crippen molar-refractivity contribution >= 4 is 11.6 Å². The Balaban J connectivity index is 1.75. The molecule has 0 bridgehead atoms. The Morgan fingerprint density at radius 2 is 1.82 bits per heavy atom. The second kappa shape index (κ2) is 7.20. The standard InChI is InChI=1S/C17H17ClN4/c18-16-9-5-4-8-15(16)10-20-17(11-22-13-19-12-21-22)14-6-2-1-3-7-14/h1-9,12-13,17,20H,10-11H2/t17-/m0/s1. The Labute approximate surface area is 134 Å². The van der Waals surface area contributed by atoms with E-state index in [0.29, 0.717) is 13.1 Å². The summed E-state index contributed by atoms with van der Waals surface area (Å²) >= 11 is 6.23. The maximum atomic E-state index is 6.23. The fourth-order valence-electron chi connectivity index (χ4n) is 2.36. The van der Waals surface area contributed by atoms with Crippen LogP contribution in [0.4, 0.5) is 0 Å². The van der Waals surface area contributed by atoms with Crippen LogP contribution in [0.5, 0.6) is 0 Å². The first-order chi connectivity index (χ1) is 10.8. The molecule has 0 radical (unpaired) electrons. The molecule has 2 aromatic carbocycles. The van der Waals surface area contributed by atoms with Gasteiger partial charge in [-0.25, -0.2) is 4.98 Å². The van der Waals surface area contributed by atoms with Crippen LogP contribution in [-0.2, 0) is 13.1 Å². The van der Waals surface area contributed by atoms with Crippen molar-refractivity contribution in [2.24, 2.45) is 0 Å². The van der Waals surface area contributed by atoms with Gasteiger partial charge in [0, 0.05) is 11.6 Å². The van der Waals surface area contributed by atoms with Crippen molar-refractivity contribution in [1.82, 2.24) is 20.1 Å². The number of benzene rings is 2. The third-order valence-electron chi connectivity index (χ3n) is 3.53. The lowest BCUT2D eigenvalue weighted by molar-refractivity contribution is 0.437. The van der Waals surface area contributed by atoms with Crippen LogP contribution in [0.3, 0.4) is 0 Å². The van der Waals surface area contributed by atoms with E-state index < -0.39 is 0 Å². The van der Waals surface area contributed by atoms with Crippen molar-refractivity contribution in [2.75, 3.05) is 0 Å². The minimum Gasteiger partial charge on any atom is -0.304 e. The first-order valence-corrected chi connectivity index (χ1v) is 7.55. The molecule has 0 saturated carbocycles. The third kappa shape index (κ3) is 3.72. The van der Waals surface area contributed by atoms with Crippen LogP contribution in [0.25, 0.3) is 0 Å². The molecule has 0 aliphatic carbocycles. The van der Waals surface area contributed by atoms with Gasteiger partial charge in [-0.2, -0.15) is 5.10 Å². The van der Waals surface area contributed by atoms with E-state index in [2.05, 4.69) is 27.5 Å². The highest BCUT2D eigenvalue weighted by molar-refractivity contribution is 6.31. The summed E-state index contributed by atoms with van der Waals surface area (Å²) in [6.45, 7) is 1.42. The van der Waals surface area contributed by atoms with Crippen molar-refractivity contribution in [3.05, 3.63) is 83.4 Å². The molecule has 3 rings (SSSR count). The molecule has 112 valence electrons. The zero-order valence-corrected chi connectivity index (χ0v) is 12.8. The average Bonchev–Trinajstić information content (AvgIpc) is 3.07. The molecule has 0 saturated heterocycles. The van der Waals surface area contributed by atoms with Gasteiger partial charge >= 0.3 is 0 Å². The van der Waals surface area contributed by atoms with Crippen LogP contribution < -0.4 is 5.32 Å². The molecular weight excluding hydrogens is 296 g/mol. The Bertz CT molecular complexity index is 698. The third-order valence-corrected chi connectivity index (χ3v) is 3.90. The van der Waals surface area contributed by atoms with Gasteiger partial charge in [-0.1, -0.05) is 60.1 Å². The van der Waals surface area contributed by atoms with Gasteiger partial charge in [-0.3, -0.25) is 4.68 Å². The molecule has 1 N–H and O–H groups in total. The Kier molecular flexibility index (Phi) is 4.83. The van der Waals surface area contributed by atoms with Gasteiger partial charge in [-0.15, -0.1) is 0 Å². The Morgan fingerprint density at radius 1 is 1.05 bits per heavy atom. The molecular formula is C17H17ClN4. The molecule has 1 heterocycles. The number of nitrogens with one attached hydrogen (secondary N) is 1. The molecule has 0 amide bonds. The van der Waals surface area contributed by atoms with E-state index in [1.165, 1.54) is 5.56 Å². The molecule has 0 spiro atoms. The average molecular weight is 313 g/mol. The fraction of sp³-hybridized carbons (Fsp3) is 0.176. The zero-order chi connectivity index (χ0) is 15.2. The summed E-state index contributed by atoms with van der Waals surface area (Å²) in [5.41, 5.74) is 2.30. The molecule has 5 heteroatoms. The SMILES string of the molecule is Clc1ccccc1CN[C@@H](Cn1cncn1)c1ccccc1. The molecule has 0 unspecified atom stereocenters. The maximum absolute atomic E-state index is 6.23. The molecule has 4 nitrogen and oxygen atoms in total. The van der Waals surface area contributed by atoms with Gasteiger partial charge < -0.3 is 5.32 Å². The monoisotopic (exact) mass is 312 g/mol. The summed E-state index contributed by atoms with van der Waals surface area (Å²) in [4.78, 5) is 4.00. The first kappa shape index (κ1) is 14.8.